The van der Waals surface area contributed by atoms with E-state index in [1.54, 1.807) is 12.1 Å². The number of imide groups is 1. The summed E-state index contributed by atoms with van der Waals surface area (Å²) in [4.78, 5) is 51.2. The average Bonchev–Trinajstić information content (AvgIpc) is 3.45. The number of carbonyl (C=O) groups excluding carboxylic acids is 4. The van der Waals surface area contributed by atoms with E-state index in [2.05, 4.69) is 5.32 Å². The van der Waals surface area contributed by atoms with E-state index in [1.807, 2.05) is 0 Å². The molecule has 0 fully saturated rings. The minimum Gasteiger partial charge on any atom is -0.495 e. The SMILES string of the molecule is COc1cc(OC)c(NC(=O)COC(=O)c2ccc3c(c2)C(=O)N(Cc2ccco2)C3=O)cc1Cl. The maximum absolute atomic E-state index is 12.7. The first-order valence-corrected chi connectivity index (χ1v) is 10.6. The van der Waals surface area contributed by atoms with E-state index in [1.165, 1.54) is 50.8 Å². The van der Waals surface area contributed by atoms with Crippen molar-refractivity contribution in [2.24, 2.45) is 0 Å². The van der Waals surface area contributed by atoms with Gasteiger partial charge in [0.2, 0.25) is 0 Å². The molecule has 4 rings (SSSR count). The number of hydrogen-bond donors (Lipinski definition) is 1. The van der Waals surface area contributed by atoms with E-state index in [9.17, 15) is 19.2 Å². The number of nitrogens with one attached hydrogen (secondary N) is 1. The average molecular weight is 499 g/mol. The largest absolute Gasteiger partial charge is 0.495 e. The van der Waals surface area contributed by atoms with Gasteiger partial charge in [0.15, 0.2) is 6.61 Å². The second-order valence-electron chi connectivity index (χ2n) is 7.35. The third-order valence-electron chi connectivity index (χ3n) is 5.18. The lowest BCUT2D eigenvalue weighted by molar-refractivity contribution is -0.119. The molecule has 0 saturated carbocycles. The zero-order valence-electron chi connectivity index (χ0n) is 18.6. The first-order chi connectivity index (χ1) is 16.8. The van der Waals surface area contributed by atoms with Crippen molar-refractivity contribution in [1.82, 2.24) is 4.90 Å². The number of esters is 1. The molecule has 1 aromatic heterocycles. The van der Waals surface area contributed by atoms with E-state index >= 15 is 0 Å². The van der Waals surface area contributed by atoms with Gasteiger partial charge in [-0.3, -0.25) is 19.3 Å². The fourth-order valence-corrected chi connectivity index (χ4v) is 3.72. The van der Waals surface area contributed by atoms with Crippen molar-refractivity contribution in [1.29, 1.82) is 0 Å². The molecule has 3 aromatic rings. The molecule has 1 aliphatic heterocycles. The van der Waals surface area contributed by atoms with Crippen LogP contribution in [0.15, 0.2) is 53.1 Å². The molecule has 35 heavy (non-hydrogen) atoms. The number of anilines is 1. The van der Waals surface area contributed by atoms with Crippen LogP contribution >= 0.6 is 11.6 Å². The summed E-state index contributed by atoms with van der Waals surface area (Å²) in [5.74, 6) is -1.43. The van der Waals surface area contributed by atoms with Gasteiger partial charge in [0.25, 0.3) is 17.7 Å². The molecule has 0 bridgehead atoms. The highest BCUT2D eigenvalue weighted by Crippen LogP contribution is 2.35. The van der Waals surface area contributed by atoms with Gasteiger partial charge in [-0.1, -0.05) is 11.6 Å². The molecule has 1 N–H and O–H groups in total. The number of amides is 3. The van der Waals surface area contributed by atoms with Crippen LogP contribution in [0.1, 0.15) is 36.8 Å². The summed E-state index contributed by atoms with van der Waals surface area (Å²) >= 11 is 6.09. The lowest BCUT2D eigenvalue weighted by atomic mass is 10.1. The van der Waals surface area contributed by atoms with Gasteiger partial charge >= 0.3 is 5.97 Å². The molecule has 0 atom stereocenters. The zero-order valence-corrected chi connectivity index (χ0v) is 19.4. The first-order valence-electron chi connectivity index (χ1n) is 10.2. The Morgan fingerprint density at radius 3 is 2.43 bits per heavy atom. The Labute approximate surface area is 204 Å². The molecule has 0 aliphatic carbocycles. The molecule has 1 aliphatic rings. The fraction of sp³-hybridized carbons (Fsp3) is 0.167. The van der Waals surface area contributed by atoms with Crippen LogP contribution in [0.4, 0.5) is 5.69 Å². The van der Waals surface area contributed by atoms with Gasteiger partial charge in [-0.15, -0.1) is 0 Å². The van der Waals surface area contributed by atoms with Crippen LogP contribution in [-0.4, -0.2) is 49.4 Å². The van der Waals surface area contributed by atoms with Crippen LogP contribution < -0.4 is 14.8 Å². The Morgan fingerprint density at radius 1 is 1.00 bits per heavy atom. The number of rotatable bonds is 8. The summed E-state index contributed by atoms with van der Waals surface area (Å²) in [6, 6.07) is 10.2. The smallest absolute Gasteiger partial charge is 0.338 e. The number of furan rings is 1. The molecule has 10 nitrogen and oxygen atoms in total. The van der Waals surface area contributed by atoms with Crippen molar-refractivity contribution in [2.45, 2.75) is 6.54 Å². The number of nitrogens with zero attached hydrogens (tertiary/aromatic N) is 1. The standard InChI is InChI=1S/C24H19ClN2O8/c1-32-19-10-20(33-2)18(9-17(19)25)26-21(28)12-35-24(31)13-5-6-15-16(8-13)23(30)27(22(15)29)11-14-4-3-7-34-14/h3-10H,11-12H2,1-2H3,(H,26,28). The first kappa shape index (κ1) is 23.8. The summed E-state index contributed by atoms with van der Waals surface area (Å²) in [5, 5.41) is 2.80. The van der Waals surface area contributed by atoms with E-state index in [-0.39, 0.29) is 33.9 Å². The molecule has 3 amide bonds. The summed E-state index contributed by atoms with van der Waals surface area (Å²) in [6.45, 7) is -0.641. The van der Waals surface area contributed by atoms with Gasteiger partial charge in [-0.05, 0) is 36.4 Å². The van der Waals surface area contributed by atoms with Crippen LogP contribution in [0.2, 0.25) is 5.02 Å². The Hall–Kier alpha value is -4.31. The molecule has 0 spiro atoms. The normalized spacial score (nSPS) is 12.4. The molecule has 180 valence electrons. The maximum Gasteiger partial charge on any atom is 0.338 e. The molecule has 11 heteroatoms. The number of fused-ring (bicyclic) bond motifs is 1. The number of halogens is 1. The van der Waals surface area contributed by atoms with E-state index in [4.69, 9.17) is 30.2 Å². The van der Waals surface area contributed by atoms with Crippen molar-refractivity contribution in [3.05, 3.63) is 76.2 Å². The third kappa shape index (κ3) is 4.82. The van der Waals surface area contributed by atoms with Crippen LogP contribution in [0, 0.1) is 0 Å². The number of methoxy groups -OCH3 is 2. The summed E-state index contributed by atoms with van der Waals surface area (Å²) in [7, 11) is 2.85. The molecule has 2 heterocycles. The maximum atomic E-state index is 12.7. The fourth-order valence-electron chi connectivity index (χ4n) is 3.48. The van der Waals surface area contributed by atoms with Crippen molar-refractivity contribution in [3.63, 3.8) is 0 Å². The van der Waals surface area contributed by atoms with Gasteiger partial charge in [0, 0.05) is 6.07 Å². The van der Waals surface area contributed by atoms with E-state index in [0.717, 1.165) is 4.90 Å². The summed E-state index contributed by atoms with van der Waals surface area (Å²) in [5.41, 5.74) is 0.512. The van der Waals surface area contributed by atoms with Gasteiger partial charge in [-0.25, -0.2) is 4.79 Å². The van der Waals surface area contributed by atoms with Gasteiger partial charge in [0.05, 0.1) is 54.4 Å². The highest BCUT2D eigenvalue weighted by Gasteiger charge is 2.36. The molecular weight excluding hydrogens is 480 g/mol. The van der Waals surface area contributed by atoms with E-state index in [0.29, 0.717) is 17.3 Å². The van der Waals surface area contributed by atoms with Crippen molar-refractivity contribution < 1.29 is 37.8 Å². The number of benzene rings is 2. The molecule has 0 saturated heterocycles. The second kappa shape index (κ2) is 9.90. The van der Waals surface area contributed by atoms with Crippen molar-refractivity contribution in [3.8, 4) is 11.5 Å². The molecule has 0 radical (unpaired) electrons. The quantitative estimate of drug-likeness (QED) is 0.369. The predicted molar refractivity (Wildman–Crippen MR) is 123 cm³/mol. The predicted octanol–water partition coefficient (Wildman–Crippen LogP) is 3.54. The Kier molecular flexibility index (Phi) is 6.74. The Morgan fingerprint density at radius 2 is 1.74 bits per heavy atom. The zero-order chi connectivity index (χ0) is 25.1. The number of hydrogen-bond acceptors (Lipinski definition) is 8. The summed E-state index contributed by atoms with van der Waals surface area (Å²) < 4.78 is 20.6. The van der Waals surface area contributed by atoms with Gasteiger partial charge < -0.3 is 23.9 Å². The number of ether oxygens (including phenoxy) is 3. The molecular formula is C24H19ClN2O8. The number of carbonyl (C=O) groups is 4. The Bertz CT molecular complexity index is 1320. The highest BCUT2D eigenvalue weighted by molar-refractivity contribution is 6.32. The Balaban J connectivity index is 1.41. The molecule has 2 aromatic carbocycles. The topological polar surface area (TPSA) is 124 Å². The van der Waals surface area contributed by atoms with Gasteiger partial charge in [0.1, 0.15) is 17.3 Å². The van der Waals surface area contributed by atoms with Crippen LogP contribution in [0.25, 0.3) is 0 Å². The van der Waals surface area contributed by atoms with Crippen LogP contribution in [0.3, 0.4) is 0 Å². The summed E-state index contributed by atoms with van der Waals surface area (Å²) in [6.07, 6.45) is 1.44. The minimum absolute atomic E-state index is 0.0163. The van der Waals surface area contributed by atoms with Gasteiger partial charge in [-0.2, -0.15) is 0 Å². The van der Waals surface area contributed by atoms with Crippen molar-refractivity contribution >= 4 is 41.0 Å². The lowest BCUT2D eigenvalue weighted by Crippen LogP contribution is -2.28. The van der Waals surface area contributed by atoms with Crippen molar-refractivity contribution in [2.75, 3.05) is 26.1 Å². The lowest BCUT2D eigenvalue weighted by Gasteiger charge is -2.13. The highest BCUT2D eigenvalue weighted by atomic mass is 35.5. The van der Waals surface area contributed by atoms with Crippen LogP contribution in [0.5, 0.6) is 11.5 Å². The van der Waals surface area contributed by atoms with Crippen LogP contribution in [-0.2, 0) is 16.1 Å². The molecule has 0 unspecified atom stereocenters. The minimum atomic E-state index is -0.840. The van der Waals surface area contributed by atoms with E-state index < -0.39 is 30.3 Å². The third-order valence-corrected chi connectivity index (χ3v) is 5.48. The monoisotopic (exact) mass is 498 g/mol. The second-order valence-corrected chi connectivity index (χ2v) is 7.75.